The first-order valence-corrected chi connectivity index (χ1v) is 7.05. The van der Waals surface area contributed by atoms with Gasteiger partial charge < -0.3 is 10.6 Å². The Labute approximate surface area is 125 Å². The van der Waals surface area contributed by atoms with Gasteiger partial charge in [0, 0.05) is 6.04 Å². The molecule has 0 radical (unpaired) electrons. The Hall–Kier alpha value is -2.83. The van der Waals surface area contributed by atoms with Crippen LogP contribution >= 0.6 is 0 Å². The zero-order chi connectivity index (χ0) is 14.9. The molecule has 2 N–H and O–H groups in total. The van der Waals surface area contributed by atoms with Gasteiger partial charge in [0.15, 0.2) is 5.82 Å². The van der Waals surface area contributed by atoms with Crippen molar-refractivity contribution in [2.24, 2.45) is 0 Å². The Morgan fingerprint density at radius 1 is 1.09 bits per heavy atom. The zero-order valence-corrected chi connectivity index (χ0v) is 11.6. The molecule has 0 unspecified atom stereocenters. The molecule has 22 heavy (non-hydrogen) atoms. The van der Waals surface area contributed by atoms with E-state index in [9.17, 15) is 4.39 Å². The van der Waals surface area contributed by atoms with Crippen LogP contribution in [0.1, 0.15) is 12.8 Å². The fourth-order valence-electron chi connectivity index (χ4n) is 2.12. The summed E-state index contributed by atoms with van der Waals surface area (Å²) in [4.78, 5) is 17.0. The van der Waals surface area contributed by atoms with E-state index in [4.69, 9.17) is 0 Å². The van der Waals surface area contributed by atoms with Crippen LogP contribution in [0.4, 0.5) is 21.8 Å². The molecule has 6 nitrogen and oxygen atoms in total. The van der Waals surface area contributed by atoms with Crippen molar-refractivity contribution in [3.8, 4) is 0 Å². The van der Waals surface area contributed by atoms with Crippen LogP contribution in [0.3, 0.4) is 0 Å². The van der Waals surface area contributed by atoms with E-state index < -0.39 is 0 Å². The van der Waals surface area contributed by atoms with Crippen LogP contribution in [0, 0.1) is 5.82 Å². The third-order valence-electron chi connectivity index (χ3n) is 3.41. The Kier molecular flexibility index (Phi) is 3.03. The molecule has 2 heterocycles. The molecule has 0 saturated heterocycles. The van der Waals surface area contributed by atoms with Crippen molar-refractivity contribution in [2.45, 2.75) is 18.9 Å². The molecule has 0 amide bonds. The topological polar surface area (TPSA) is 75.6 Å². The molecule has 1 saturated carbocycles. The lowest BCUT2D eigenvalue weighted by Gasteiger charge is -2.09. The van der Waals surface area contributed by atoms with E-state index in [0.717, 1.165) is 12.8 Å². The van der Waals surface area contributed by atoms with Gasteiger partial charge in [0.1, 0.15) is 23.2 Å². The highest BCUT2D eigenvalue weighted by Crippen LogP contribution is 2.26. The largest absolute Gasteiger partial charge is 0.351 e. The normalized spacial score (nSPS) is 14.0. The fourth-order valence-corrected chi connectivity index (χ4v) is 2.12. The molecule has 0 aliphatic heterocycles. The van der Waals surface area contributed by atoms with Crippen LogP contribution in [0.2, 0.25) is 0 Å². The van der Waals surface area contributed by atoms with Gasteiger partial charge in [-0.25, -0.2) is 24.3 Å². The first-order chi connectivity index (χ1) is 10.8. The Morgan fingerprint density at radius 2 is 1.95 bits per heavy atom. The summed E-state index contributed by atoms with van der Waals surface area (Å²) in [6.07, 6.45) is 5.31. The van der Waals surface area contributed by atoms with Crippen molar-refractivity contribution in [2.75, 3.05) is 10.6 Å². The molecule has 2 aromatic heterocycles. The van der Waals surface area contributed by atoms with E-state index in [-0.39, 0.29) is 5.82 Å². The third-order valence-corrected chi connectivity index (χ3v) is 3.41. The molecule has 1 aromatic carbocycles. The van der Waals surface area contributed by atoms with Crippen LogP contribution in [-0.2, 0) is 0 Å². The molecule has 0 spiro atoms. The van der Waals surface area contributed by atoms with Crippen molar-refractivity contribution >= 4 is 28.5 Å². The number of fused-ring (bicyclic) bond motifs is 1. The maximum absolute atomic E-state index is 13.8. The number of benzene rings is 1. The summed E-state index contributed by atoms with van der Waals surface area (Å²) < 4.78 is 13.8. The lowest BCUT2D eigenvalue weighted by atomic mass is 10.3. The number of aromatic nitrogens is 4. The van der Waals surface area contributed by atoms with E-state index in [1.807, 2.05) is 0 Å². The first kappa shape index (κ1) is 12.9. The van der Waals surface area contributed by atoms with Crippen LogP contribution in [0.25, 0.3) is 11.0 Å². The summed E-state index contributed by atoms with van der Waals surface area (Å²) in [5, 5.41) is 6.20. The highest BCUT2D eigenvalue weighted by atomic mass is 19.1. The van der Waals surface area contributed by atoms with Crippen molar-refractivity contribution in [3.63, 3.8) is 0 Å². The minimum absolute atomic E-state index is 0.345. The maximum atomic E-state index is 13.8. The second-order valence-electron chi connectivity index (χ2n) is 5.17. The minimum Gasteiger partial charge on any atom is -0.351 e. The van der Waals surface area contributed by atoms with Gasteiger partial charge in [0.25, 0.3) is 0 Å². The number of hydrogen-bond acceptors (Lipinski definition) is 6. The van der Waals surface area contributed by atoms with Gasteiger partial charge in [-0.3, -0.25) is 0 Å². The number of anilines is 3. The first-order valence-electron chi connectivity index (χ1n) is 7.05. The molecule has 1 aliphatic rings. The van der Waals surface area contributed by atoms with Gasteiger partial charge >= 0.3 is 0 Å². The average Bonchev–Trinajstić information content (AvgIpc) is 3.34. The number of para-hydroxylation sites is 1. The SMILES string of the molecule is Fc1ccccc1Nc1ncnc2cnc(NC3CC3)nc12. The summed E-state index contributed by atoms with van der Waals surface area (Å²) in [7, 11) is 0. The number of halogens is 1. The second-order valence-corrected chi connectivity index (χ2v) is 5.17. The van der Waals surface area contributed by atoms with E-state index in [1.54, 1.807) is 24.4 Å². The fraction of sp³-hybridized carbons (Fsp3) is 0.200. The Morgan fingerprint density at radius 3 is 2.77 bits per heavy atom. The molecule has 0 bridgehead atoms. The number of nitrogens with zero attached hydrogens (tertiary/aromatic N) is 4. The second kappa shape index (κ2) is 5.18. The van der Waals surface area contributed by atoms with Crippen molar-refractivity contribution in [3.05, 3.63) is 42.6 Å². The Bertz CT molecular complexity index is 833. The summed E-state index contributed by atoms with van der Waals surface area (Å²) in [5.41, 5.74) is 1.51. The number of nitrogens with one attached hydrogen (secondary N) is 2. The average molecular weight is 296 g/mol. The lowest BCUT2D eigenvalue weighted by molar-refractivity contribution is 0.632. The van der Waals surface area contributed by atoms with Gasteiger partial charge in [-0.1, -0.05) is 12.1 Å². The van der Waals surface area contributed by atoms with Crippen LogP contribution in [0.5, 0.6) is 0 Å². The molecular weight excluding hydrogens is 283 g/mol. The highest BCUT2D eigenvalue weighted by molar-refractivity contribution is 5.87. The van der Waals surface area contributed by atoms with E-state index in [2.05, 4.69) is 30.6 Å². The molecule has 4 rings (SSSR count). The standard InChI is InChI=1S/C15H13FN6/c16-10-3-1-2-4-11(10)21-14-13-12(18-8-19-14)7-17-15(22-13)20-9-5-6-9/h1-4,7-9H,5-6H2,(H,17,20,22)(H,18,19,21). The van der Waals surface area contributed by atoms with Gasteiger partial charge in [-0.05, 0) is 25.0 Å². The highest BCUT2D eigenvalue weighted by Gasteiger charge is 2.22. The quantitative estimate of drug-likeness (QED) is 0.771. The summed E-state index contributed by atoms with van der Waals surface area (Å²) in [5.74, 6) is 0.650. The molecule has 7 heteroatoms. The lowest BCUT2D eigenvalue weighted by Crippen LogP contribution is -2.06. The van der Waals surface area contributed by atoms with Crippen molar-refractivity contribution < 1.29 is 4.39 Å². The van der Waals surface area contributed by atoms with E-state index in [1.165, 1.54) is 12.4 Å². The van der Waals surface area contributed by atoms with Gasteiger partial charge in [-0.2, -0.15) is 0 Å². The Balaban J connectivity index is 1.74. The van der Waals surface area contributed by atoms with Crippen molar-refractivity contribution in [1.82, 2.24) is 19.9 Å². The van der Waals surface area contributed by atoms with E-state index in [0.29, 0.717) is 34.5 Å². The minimum atomic E-state index is -0.348. The van der Waals surface area contributed by atoms with Gasteiger partial charge in [0.2, 0.25) is 5.95 Å². The van der Waals surface area contributed by atoms with E-state index >= 15 is 0 Å². The third kappa shape index (κ3) is 2.52. The number of hydrogen-bond donors (Lipinski definition) is 2. The predicted octanol–water partition coefficient (Wildman–Crippen LogP) is 2.88. The number of rotatable bonds is 4. The molecule has 1 fully saturated rings. The van der Waals surface area contributed by atoms with Crippen molar-refractivity contribution in [1.29, 1.82) is 0 Å². The van der Waals surface area contributed by atoms with Crippen LogP contribution in [-0.4, -0.2) is 26.0 Å². The van der Waals surface area contributed by atoms with Crippen LogP contribution < -0.4 is 10.6 Å². The maximum Gasteiger partial charge on any atom is 0.223 e. The van der Waals surface area contributed by atoms with Gasteiger partial charge in [0.05, 0.1) is 11.9 Å². The summed E-state index contributed by atoms with van der Waals surface area (Å²) in [6.45, 7) is 0. The summed E-state index contributed by atoms with van der Waals surface area (Å²) >= 11 is 0. The monoisotopic (exact) mass is 296 g/mol. The molecule has 1 aliphatic carbocycles. The molecule has 110 valence electrons. The van der Waals surface area contributed by atoms with Gasteiger partial charge in [-0.15, -0.1) is 0 Å². The molecular formula is C15H13FN6. The predicted molar refractivity (Wildman–Crippen MR) is 81.5 cm³/mol. The molecule has 0 atom stereocenters. The smallest absolute Gasteiger partial charge is 0.223 e. The van der Waals surface area contributed by atoms with Crippen LogP contribution in [0.15, 0.2) is 36.8 Å². The molecule has 3 aromatic rings. The zero-order valence-electron chi connectivity index (χ0n) is 11.6. The summed E-state index contributed by atoms with van der Waals surface area (Å²) in [6, 6.07) is 6.88.